The normalized spacial score (nSPS) is 17.1. The fourth-order valence-corrected chi connectivity index (χ4v) is 2.66. The van der Waals surface area contributed by atoms with Crippen molar-refractivity contribution in [2.75, 3.05) is 0 Å². The van der Waals surface area contributed by atoms with Gasteiger partial charge in [0.1, 0.15) is 6.10 Å². The van der Waals surface area contributed by atoms with Crippen LogP contribution in [0.25, 0.3) is 6.08 Å². The van der Waals surface area contributed by atoms with E-state index in [2.05, 4.69) is 61.5 Å². The fraction of sp³-hybridized carbons (Fsp3) is 0.263. The standard InChI is InChI=1S/C19H20O/c1-2-3-12-17-14-16-11-7-8-13-18(16)19(20-17)15-9-5-4-6-10-15/h4-11,13-14,19H,2-3,12H2,1H3/t19-/m0/s1. The maximum atomic E-state index is 6.26. The van der Waals surface area contributed by atoms with Crippen LogP contribution >= 0.6 is 0 Å². The lowest BCUT2D eigenvalue weighted by atomic mass is 9.93. The SMILES string of the molecule is CCCCC1=Cc2ccccc2[C@H](c2ccccc2)O1. The maximum Gasteiger partial charge on any atom is 0.149 e. The van der Waals surface area contributed by atoms with Gasteiger partial charge in [-0.2, -0.15) is 0 Å². The molecule has 102 valence electrons. The first-order valence-corrected chi connectivity index (χ1v) is 7.39. The molecule has 0 N–H and O–H groups in total. The molecule has 0 radical (unpaired) electrons. The summed E-state index contributed by atoms with van der Waals surface area (Å²) in [6, 6.07) is 19.0. The Labute approximate surface area is 120 Å². The quantitative estimate of drug-likeness (QED) is 0.724. The largest absolute Gasteiger partial charge is 0.485 e. The third-order valence-corrected chi connectivity index (χ3v) is 3.74. The molecule has 1 heterocycles. The van der Waals surface area contributed by atoms with Crippen molar-refractivity contribution < 1.29 is 4.74 Å². The Morgan fingerprint density at radius 1 is 0.950 bits per heavy atom. The lowest BCUT2D eigenvalue weighted by Crippen LogP contribution is -2.12. The number of fused-ring (bicyclic) bond motifs is 1. The first-order chi connectivity index (χ1) is 9.88. The van der Waals surface area contributed by atoms with E-state index < -0.39 is 0 Å². The van der Waals surface area contributed by atoms with Crippen molar-refractivity contribution in [3.63, 3.8) is 0 Å². The van der Waals surface area contributed by atoms with Gasteiger partial charge < -0.3 is 4.74 Å². The third-order valence-electron chi connectivity index (χ3n) is 3.74. The molecule has 1 atom stereocenters. The van der Waals surface area contributed by atoms with Gasteiger partial charge in [-0.15, -0.1) is 0 Å². The van der Waals surface area contributed by atoms with Gasteiger partial charge in [-0.3, -0.25) is 0 Å². The van der Waals surface area contributed by atoms with Gasteiger partial charge in [0.05, 0.1) is 5.76 Å². The smallest absolute Gasteiger partial charge is 0.149 e. The molecule has 1 aliphatic heterocycles. The molecule has 0 amide bonds. The van der Waals surface area contributed by atoms with Crippen molar-refractivity contribution in [3.8, 4) is 0 Å². The minimum absolute atomic E-state index is 0.0317. The van der Waals surface area contributed by atoms with Gasteiger partial charge in [0.25, 0.3) is 0 Å². The molecule has 2 aromatic carbocycles. The molecule has 20 heavy (non-hydrogen) atoms. The number of hydrogen-bond acceptors (Lipinski definition) is 1. The minimum Gasteiger partial charge on any atom is -0.485 e. The summed E-state index contributed by atoms with van der Waals surface area (Å²) in [4.78, 5) is 0. The van der Waals surface area contributed by atoms with E-state index in [4.69, 9.17) is 4.74 Å². The third kappa shape index (κ3) is 2.62. The summed E-state index contributed by atoms with van der Waals surface area (Å²) in [5.41, 5.74) is 3.78. The van der Waals surface area contributed by atoms with Crippen LogP contribution in [-0.2, 0) is 4.74 Å². The summed E-state index contributed by atoms with van der Waals surface area (Å²) in [5.74, 6) is 1.11. The first-order valence-electron chi connectivity index (χ1n) is 7.39. The molecule has 1 aliphatic rings. The van der Waals surface area contributed by atoms with Gasteiger partial charge in [-0.25, -0.2) is 0 Å². The molecule has 0 aromatic heterocycles. The van der Waals surface area contributed by atoms with Crippen LogP contribution in [0.5, 0.6) is 0 Å². The Bertz CT molecular complexity index is 598. The average Bonchev–Trinajstić information content (AvgIpc) is 2.53. The maximum absolute atomic E-state index is 6.26. The average molecular weight is 264 g/mol. The molecule has 0 fully saturated rings. The van der Waals surface area contributed by atoms with E-state index in [0.717, 1.165) is 12.2 Å². The molecule has 0 unspecified atom stereocenters. The number of rotatable bonds is 4. The highest BCUT2D eigenvalue weighted by Gasteiger charge is 2.23. The molecule has 0 aliphatic carbocycles. The number of hydrogen-bond donors (Lipinski definition) is 0. The molecule has 1 nitrogen and oxygen atoms in total. The molecule has 0 spiro atoms. The Morgan fingerprint density at radius 2 is 1.70 bits per heavy atom. The Kier molecular flexibility index (Phi) is 3.87. The zero-order valence-electron chi connectivity index (χ0n) is 11.9. The fourth-order valence-electron chi connectivity index (χ4n) is 2.66. The first kappa shape index (κ1) is 13.0. The van der Waals surface area contributed by atoms with E-state index in [0.29, 0.717) is 0 Å². The van der Waals surface area contributed by atoms with Crippen LogP contribution in [0.2, 0.25) is 0 Å². The highest BCUT2D eigenvalue weighted by molar-refractivity contribution is 5.59. The van der Waals surface area contributed by atoms with Crippen LogP contribution in [0.15, 0.2) is 60.4 Å². The van der Waals surface area contributed by atoms with Crippen molar-refractivity contribution in [1.29, 1.82) is 0 Å². The summed E-state index contributed by atoms with van der Waals surface area (Å²) in [6.07, 6.45) is 5.62. The Hall–Kier alpha value is -2.02. The Morgan fingerprint density at radius 3 is 2.50 bits per heavy atom. The molecule has 0 bridgehead atoms. The minimum atomic E-state index is 0.0317. The van der Waals surface area contributed by atoms with Gasteiger partial charge >= 0.3 is 0 Å². The summed E-state index contributed by atoms with van der Waals surface area (Å²) in [5, 5.41) is 0. The van der Waals surface area contributed by atoms with E-state index in [-0.39, 0.29) is 6.10 Å². The van der Waals surface area contributed by atoms with E-state index in [1.54, 1.807) is 0 Å². The number of allylic oxidation sites excluding steroid dienone is 1. The van der Waals surface area contributed by atoms with Crippen molar-refractivity contribution >= 4 is 6.08 Å². The topological polar surface area (TPSA) is 9.23 Å². The van der Waals surface area contributed by atoms with Crippen LogP contribution in [0.3, 0.4) is 0 Å². The highest BCUT2D eigenvalue weighted by Crippen LogP contribution is 2.37. The van der Waals surface area contributed by atoms with E-state index >= 15 is 0 Å². The van der Waals surface area contributed by atoms with Crippen LogP contribution in [-0.4, -0.2) is 0 Å². The second kappa shape index (κ2) is 5.96. The van der Waals surface area contributed by atoms with Gasteiger partial charge in [-0.05, 0) is 23.6 Å². The van der Waals surface area contributed by atoms with Gasteiger partial charge in [-0.1, -0.05) is 67.9 Å². The number of ether oxygens (including phenoxy) is 1. The van der Waals surface area contributed by atoms with Crippen LogP contribution in [0.1, 0.15) is 49.0 Å². The van der Waals surface area contributed by atoms with Crippen molar-refractivity contribution in [3.05, 3.63) is 77.0 Å². The molecule has 0 saturated carbocycles. The van der Waals surface area contributed by atoms with Crippen LogP contribution in [0.4, 0.5) is 0 Å². The molecule has 0 saturated heterocycles. The number of benzene rings is 2. The summed E-state index contributed by atoms with van der Waals surface area (Å²) >= 11 is 0. The summed E-state index contributed by atoms with van der Waals surface area (Å²) < 4.78 is 6.26. The molecule has 1 heteroatoms. The zero-order chi connectivity index (χ0) is 13.8. The second-order valence-electron chi connectivity index (χ2n) is 5.25. The summed E-state index contributed by atoms with van der Waals surface area (Å²) in [6.45, 7) is 2.21. The van der Waals surface area contributed by atoms with E-state index in [1.165, 1.54) is 29.5 Å². The summed E-state index contributed by atoms with van der Waals surface area (Å²) in [7, 11) is 0. The van der Waals surface area contributed by atoms with Gasteiger partial charge in [0.2, 0.25) is 0 Å². The van der Waals surface area contributed by atoms with Crippen molar-refractivity contribution in [2.24, 2.45) is 0 Å². The molecular formula is C19H20O. The molecule has 2 aromatic rings. The predicted molar refractivity (Wildman–Crippen MR) is 83.3 cm³/mol. The van der Waals surface area contributed by atoms with E-state index in [1.807, 2.05) is 6.07 Å². The Balaban J connectivity index is 1.97. The van der Waals surface area contributed by atoms with E-state index in [9.17, 15) is 0 Å². The van der Waals surface area contributed by atoms with Crippen LogP contribution < -0.4 is 0 Å². The lowest BCUT2D eigenvalue weighted by molar-refractivity contribution is 0.139. The predicted octanol–water partition coefficient (Wildman–Crippen LogP) is 5.34. The highest BCUT2D eigenvalue weighted by atomic mass is 16.5. The molecule has 3 rings (SSSR count). The monoisotopic (exact) mass is 264 g/mol. The zero-order valence-corrected chi connectivity index (χ0v) is 11.9. The van der Waals surface area contributed by atoms with Gasteiger partial charge in [0, 0.05) is 12.0 Å². The number of unbranched alkanes of at least 4 members (excludes halogenated alkanes) is 1. The second-order valence-corrected chi connectivity index (χ2v) is 5.25. The molecular weight excluding hydrogens is 244 g/mol. The van der Waals surface area contributed by atoms with Gasteiger partial charge in [0.15, 0.2) is 0 Å². The lowest BCUT2D eigenvalue weighted by Gasteiger charge is -2.27. The van der Waals surface area contributed by atoms with Crippen molar-refractivity contribution in [1.82, 2.24) is 0 Å². The van der Waals surface area contributed by atoms with Crippen LogP contribution in [0, 0.1) is 0 Å². The van der Waals surface area contributed by atoms with Crippen molar-refractivity contribution in [2.45, 2.75) is 32.3 Å².